The van der Waals surface area contributed by atoms with Gasteiger partial charge in [0, 0.05) is 12.1 Å². The summed E-state index contributed by atoms with van der Waals surface area (Å²) in [5.74, 6) is -5.29. The van der Waals surface area contributed by atoms with E-state index in [0.29, 0.717) is 17.7 Å². The highest BCUT2D eigenvalue weighted by Gasteiger charge is 2.16. The van der Waals surface area contributed by atoms with Crippen molar-refractivity contribution in [2.45, 2.75) is 6.10 Å². The molecular weight excluding hydrogens is 291 g/mol. The van der Waals surface area contributed by atoms with E-state index in [1.165, 1.54) is 11.3 Å². The van der Waals surface area contributed by atoms with Gasteiger partial charge in [-0.1, -0.05) is 0 Å². The molecule has 0 saturated carbocycles. The normalized spacial score (nSPS) is 12.2. The molecule has 0 aliphatic carbocycles. The third-order valence-corrected chi connectivity index (χ3v) is 3.33. The fraction of sp³-hybridized carbons (Fsp3) is 0.154. The highest BCUT2D eigenvalue weighted by molar-refractivity contribution is 7.07. The Morgan fingerprint density at radius 3 is 2.50 bits per heavy atom. The lowest BCUT2D eigenvalue weighted by Gasteiger charge is -2.10. The second kappa shape index (κ2) is 6.06. The van der Waals surface area contributed by atoms with Gasteiger partial charge in [-0.15, -0.1) is 0 Å². The van der Waals surface area contributed by atoms with E-state index < -0.39 is 29.5 Å². The number of hydrogen-bond acceptors (Lipinski definition) is 3. The standard InChI is InChI=1S/C13H10F3NO2S/c14-9-3-8(4-10(15)12(9)16)13(19)17-5-11(18)7-1-2-20-6-7/h1-4,6,11,18H,5H2,(H,17,19). The van der Waals surface area contributed by atoms with Crippen molar-refractivity contribution in [3.05, 3.63) is 57.5 Å². The van der Waals surface area contributed by atoms with Gasteiger partial charge in [0.25, 0.3) is 5.91 Å². The van der Waals surface area contributed by atoms with Gasteiger partial charge in [-0.25, -0.2) is 13.2 Å². The number of thiophene rings is 1. The number of benzene rings is 1. The van der Waals surface area contributed by atoms with Gasteiger partial charge in [0.15, 0.2) is 17.5 Å². The minimum Gasteiger partial charge on any atom is -0.387 e. The summed E-state index contributed by atoms with van der Waals surface area (Å²) in [4.78, 5) is 11.7. The molecule has 0 fully saturated rings. The fourth-order valence-corrected chi connectivity index (χ4v) is 2.27. The summed E-state index contributed by atoms with van der Waals surface area (Å²) < 4.78 is 38.7. The van der Waals surface area contributed by atoms with Gasteiger partial charge in [0.2, 0.25) is 0 Å². The van der Waals surface area contributed by atoms with Crippen LogP contribution in [0.5, 0.6) is 0 Å². The van der Waals surface area contributed by atoms with Crippen molar-refractivity contribution in [3.8, 4) is 0 Å². The van der Waals surface area contributed by atoms with E-state index in [4.69, 9.17) is 0 Å². The SMILES string of the molecule is O=C(NCC(O)c1ccsc1)c1cc(F)c(F)c(F)c1. The Balaban J connectivity index is 2.02. The van der Waals surface area contributed by atoms with Gasteiger partial charge in [-0.05, 0) is 34.5 Å². The topological polar surface area (TPSA) is 49.3 Å². The molecule has 2 rings (SSSR count). The van der Waals surface area contributed by atoms with Gasteiger partial charge in [0.1, 0.15) is 0 Å². The van der Waals surface area contributed by atoms with Crippen molar-refractivity contribution < 1.29 is 23.1 Å². The number of rotatable bonds is 4. The number of halogens is 3. The van der Waals surface area contributed by atoms with Gasteiger partial charge < -0.3 is 10.4 Å². The Morgan fingerprint density at radius 2 is 1.95 bits per heavy atom. The maximum atomic E-state index is 13.0. The first-order valence-corrected chi connectivity index (χ1v) is 6.56. The van der Waals surface area contributed by atoms with Crippen molar-refractivity contribution in [2.75, 3.05) is 6.54 Å². The molecule has 0 spiro atoms. The summed E-state index contributed by atoms with van der Waals surface area (Å²) in [6, 6.07) is 2.90. The van der Waals surface area contributed by atoms with E-state index in [2.05, 4.69) is 5.32 Å². The molecule has 106 valence electrons. The molecule has 7 heteroatoms. The molecular formula is C13H10F3NO2S. The van der Waals surface area contributed by atoms with Crippen LogP contribution in [0.25, 0.3) is 0 Å². The first-order valence-electron chi connectivity index (χ1n) is 5.62. The Morgan fingerprint density at radius 1 is 1.30 bits per heavy atom. The average molecular weight is 301 g/mol. The Hall–Kier alpha value is -1.86. The van der Waals surface area contributed by atoms with Crippen LogP contribution in [0.15, 0.2) is 29.0 Å². The lowest BCUT2D eigenvalue weighted by Crippen LogP contribution is -2.28. The monoisotopic (exact) mass is 301 g/mol. The van der Waals surface area contributed by atoms with Crippen LogP contribution < -0.4 is 5.32 Å². The zero-order valence-electron chi connectivity index (χ0n) is 10.1. The van der Waals surface area contributed by atoms with E-state index in [1.807, 2.05) is 0 Å². The van der Waals surface area contributed by atoms with Crippen LogP contribution in [-0.2, 0) is 0 Å². The number of carbonyl (C=O) groups excluding carboxylic acids is 1. The molecule has 1 unspecified atom stereocenters. The zero-order valence-corrected chi connectivity index (χ0v) is 10.9. The van der Waals surface area contributed by atoms with E-state index >= 15 is 0 Å². The number of amides is 1. The van der Waals surface area contributed by atoms with Crippen molar-refractivity contribution in [3.63, 3.8) is 0 Å². The fourth-order valence-electron chi connectivity index (χ4n) is 1.56. The predicted molar refractivity (Wildman–Crippen MR) is 67.9 cm³/mol. The summed E-state index contributed by atoms with van der Waals surface area (Å²) in [6.45, 7) is -0.115. The predicted octanol–water partition coefficient (Wildman–Crippen LogP) is 2.63. The minimum absolute atomic E-state index is 0.115. The lowest BCUT2D eigenvalue weighted by atomic mass is 10.1. The van der Waals surface area contributed by atoms with Crippen molar-refractivity contribution in [2.24, 2.45) is 0 Å². The molecule has 0 saturated heterocycles. The summed E-state index contributed by atoms with van der Waals surface area (Å²) in [7, 11) is 0. The first-order chi connectivity index (χ1) is 9.49. The lowest BCUT2D eigenvalue weighted by molar-refractivity contribution is 0.0915. The number of aliphatic hydroxyl groups excluding tert-OH is 1. The van der Waals surface area contributed by atoms with Crippen LogP contribution in [0, 0.1) is 17.5 Å². The second-order valence-electron chi connectivity index (χ2n) is 4.04. The molecule has 0 bridgehead atoms. The maximum absolute atomic E-state index is 13.0. The van der Waals surface area contributed by atoms with Crippen molar-refractivity contribution in [1.82, 2.24) is 5.32 Å². The maximum Gasteiger partial charge on any atom is 0.251 e. The molecule has 1 aromatic carbocycles. The first kappa shape index (κ1) is 14.5. The zero-order chi connectivity index (χ0) is 14.7. The van der Waals surface area contributed by atoms with Crippen LogP contribution in [0.1, 0.15) is 22.0 Å². The van der Waals surface area contributed by atoms with Gasteiger partial charge in [-0.2, -0.15) is 11.3 Å². The highest BCUT2D eigenvalue weighted by Crippen LogP contribution is 2.16. The molecule has 1 atom stereocenters. The average Bonchev–Trinajstić information content (AvgIpc) is 2.95. The van der Waals surface area contributed by atoms with E-state index in [0.717, 1.165) is 0 Å². The highest BCUT2D eigenvalue weighted by atomic mass is 32.1. The van der Waals surface area contributed by atoms with Gasteiger partial charge in [0.05, 0.1) is 6.10 Å². The Bertz CT molecular complexity index is 593. The third kappa shape index (κ3) is 3.17. The quantitative estimate of drug-likeness (QED) is 0.853. The van der Waals surface area contributed by atoms with Gasteiger partial charge in [-0.3, -0.25) is 4.79 Å². The van der Waals surface area contributed by atoms with Crippen LogP contribution in [-0.4, -0.2) is 17.6 Å². The Kier molecular flexibility index (Phi) is 4.41. The summed E-state index contributed by atoms with van der Waals surface area (Å²) in [5.41, 5.74) is 0.283. The molecule has 1 amide bonds. The largest absolute Gasteiger partial charge is 0.387 e. The number of aliphatic hydroxyl groups is 1. The summed E-state index contributed by atoms with van der Waals surface area (Å²) in [5, 5.41) is 15.5. The molecule has 1 heterocycles. The Labute approximate surface area is 116 Å². The smallest absolute Gasteiger partial charge is 0.251 e. The number of nitrogens with one attached hydrogen (secondary N) is 1. The van der Waals surface area contributed by atoms with E-state index in [9.17, 15) is 23.1 Å². The molecule has 20 heavy (non-hydrogen) atoms. The minimum atomic E-state index is -1.63. The summed E-state index contributed by atoms with van der Waals surface area (Å²) >= 11 is 1.39. The van der Waals surface area contributed by atoms with Crippen molar-refractivity contribution in [1.29, 1.82) is 0 Å². The second-order valence-corrected chi connectivity index (χ2v) is 4.82. The summed E-state index contributed by atoms with van der Waals surface area (Å²) in [6.07, 6.45) is -0.916. The number of carbonyl (C=O) groups is 1. The van der Waals surface area contributed by atoms with Crippen LogP contribution in [0.2, 0.25) is 0 Å². The van der Waals surface area contributed by atoms with Crippen molar-refractivity contribution >= 4 is 17.2 Å². The van der Waals surface area contributed by atoms with Crippen LogP contribution >= 0.6 is 11.3 Å². The molecule has 0 aliphatic rings. The van der Waals surface area contributed by atoms with Crippen LogP contribution in [0.4, 0.5) is 13.2 Å². The van der Waals surface area contributed by atoms with E-state index in [1.54, 1.807) is 16.8 Å². The van der Waals surface area contributed by atoms with Gasteiger partial charge >= 0.3 is 0 Å². The molecule has 0 aliphatic heterocycles. The molecule has 1 aromatic heterocycles. The third-order valence-electron chi connectivity index (χ3n) is 2.63. The molecule has 0 radical (unpaired) electrons. The number of hydrogen-bond donors (Lipinski definition) is 2. The molecule has 2 aromatic rings. The van der Waals surface area contributed by atoms with E-state index in [-0.39, 0.29) is 12.1 Å². The van der Waals surface area contributed by atoms with Crippen LogP contribution in [0.3, 0.4) is 0 Å². The molecule has 2 N–H and O–H groups in total. The molecule has 3 nitrogen and oxygen atoms in total.